The zero-order chi connectivity index (χ0) is 7.61. The van der Waals surface area contributed by atoms with Gasteiger partial charge in [-0.3, -0.25) is 4.99 Å². The molecular weight excluding hydrogens is 128 g/mol. The van der Waals surface area contributed by atoms with Crippen molar-refractivity contribution >= 4 is 5.84 Å². The Morgan fingerprint density at radius 2 is 2.30 bits per heavy atom. The summed E-state index contributed by atoms with van der Waals surface area (Å²) in [6, 6.07) is 0. The molecule has 0 spiro atoms. The average Bonchev–Trinajstić information content (AvgIpc) is 2.38. The van der Waals surface area contributed by atoms with E-state index in [1.54, 1.807) is 7.11 Å². The van der Waals surface area contributed by atoms with Crippen LogP contribution in [0.25, 0.3) is 0 Å². The Balaban J connectivity index is 2.62. The van der Waals surface area contributed by atoms with Gasteiger partial charge in [0.15, 0.2) is 0 Å². The Morgan fingerprint density at radius 3 is 2.70 bits per heavy atom. The van der Waals surface area contributed by atoms with Gasteiger partial charge >= 0.3 is 0 Å². The van der Waals surface area contributed by atoms with E-state index in [4.69, 9.17) is 4.74 Å². The lowest BCUT2D eigenvalue weighted by atomic mass is 10.1. The molecule has 1 heterocycles. The molecule has 1 aliphatic rings. The van der Waals surface area contributed by atoms with Crippen molar-refractivity contribution in [1.29, 1.82) is 0 Å². The van der Waals surface area contributed by atoms with Gasteiger partial charge in [0.05, 0.1) is 6.54 Å². The van der Waals surface area contributed by atoms with Crippen molar-refractivity contribution in [3.63, 3.8) is 0 Å². The molecule has 0 saturated carbocycles. The van der Waals surface area contributed by atoms with Gasteiger partial charge in [-0.05, 0) is 13.8 Å². The smallest absolute Gasteiger partial charge is 0.129 e. The Hall–Kier alpha value is -0.570. The van der Waals surface area contributed by atoms with Crippen LogP contribution in [0.5, 0.6) is 0 Å². The normalized spacial score (nSPS) is 18.5. The molecule has 3 nitrogen and oxygen atoms in total. The minimum absolute atomic E-state index is 0.240. The molecule has 0 unspecified atom stereocenters. The Kier molecular flexibility index (Phi) is 1.94. The highest BCUT2D eigenvalue weighted by Crippen LogP contribution is 2.10. The topological polar surface area (TPSA) is 33.6 Å². The van der Waals surface area contributed by atoms with Crippen molar-refractivity contribution in [3.8, 4) is 0 Å². The molecule has 58 valence electrons. The number of rotatable bonds is 2. The van der Waals surface area contributed by atoms with Crippen LogP contribution >= 0.6 is 0 Å². The predicted molar refractivity (Wildman–Crippen MR) is 41.4 cm³/mol. The number of aliphatic imine (C=N–C) groups is 1. The van der Waals surface area contributed by atoms with Crippen LogP contribution in [0.1, 0.15) is 13.8 Å². The van der Waals surface area contributed by atoms with E-state index in [1.807, 2.05) is 13.8 Å². The summed E-state index contributed by atoms with van der Waals surface area (Å²) in [7, 11) is 1.70. The first-order valence-corrected chi connectivity index (χ1v) is 3.51. The number of ether oxygens (including phenoxy) is 1. The lowest BCUT2D eigenvalue weighted by Gasteiger charge is -2.22. The molecule has 0 fully saturated rings. The van der Waals surface area contributed by atoms with Gasteiger partial charge < -0.3 is 10.1 Å². The molecule has 1 rings (SSSR count). The summed E-state index contributed by atoms with van der Waals surface area (Å²) < 4.78 is 5.23. The second-order valence-electron chi connectivity index (χ2n) is 2.87. The fraction of sp³-hybridized carbons (Fsp3) is 0.857. The summed E-state index contributed by atoms with van der Waals surface area (Å²) >= 11 is 0. The van der Waals surface area contributed by atoms with Gasteiger partial charge in [0.2, 0.25) is 0 Å². The maximum absolute atomic E-state index is 5.23. The summed E-state index contributed by atoms with van der Waals surface area (Å²) in [6.45, 7) is 5.83. The zero-order valence-electron chi connectivity index (χ0n) is 6.77. The first-order valence-electron chi connectivity index (χ1n) is 3.51. The highest BCUT2D eigenvalue weighted by molar-refractivity contribution is 5.90. The first kappa shape index (κ1) is 7.54. The highest BCUT2D eigenvalue weighted by Gasteiger charge is 2.25. The number of nitrogens with one attached hydrogen (secondary N) is 1. The van der Waals surface area contributed by atoms with Crippen LogP contribution in [0, 0.1) is 0 Å². The number of hydrogen-bond donors (Lipinski definition) is 1. The summed E-state index contributed by atoms with van der Waals surface area (Å²) in [5.41, 5.74) is -0.240. The minimum atomic E-state index is -0.240. The van der Waals surface area contributed by atoms with E-state index in [0.29, 0.717) is 0 Å². The maximum atomic E-state index is 5.23. The first-order chi connectivity index (χ1) is 4.67. The Bertz CT molecular complexity index is 152. The maximum Gasteiger partial charge on any atom is 0.129 e. The van der Waals surface area contributed by atoms with E-state index in [2.05, 4.69) is 10.3 Å². The number of nitrogens with zero attached hydrogens (tertiary/aromatic N) is 1. The molecule has 0 aromatic carbocycles. The third kappa shape index (κ3) is 1.29. The predicted octanol–water partition coefficient (Wildman–Crippen LogP) is 0.413. The van der Waals surface area contributed by atoms with Crippen LogP contribution in [-0.4, -0.2) is 31.6 Å². The second kappa shape index (κ2) is 2.58. The van der Waals surface area contributed by atoms with Crippen molar-refractivity contribution in [2.24, 2.45) is 4.99 Å². The van der Waals surface area contributed by atoms with Crippen molar-refractivity contribution < 1.29 is 4.74 Å². The van der Waals surface area contributed by atoms with Gasteiger partial charge in [0, 0.05) is 13.7 Å². The molecule has 0 saturated heterocycles. The van der Waals surface area contributed by atoms with Gasteiger partial charge in [-0.25, -0.2) is 0 Å². The van der Waals surface area contributed by atoms with Crippen LogP contribution in [0.4, 0.5) is 0 Å². The highest BCUT2D eigenvalue weighted by atomic mass is 16.5. The third-order valence-corrected chi connectivity index (χ3v) is 1.75. The molecule has 0 amide bonds. The zero-order valence-corrected chi connectivity index (χ0v) is 6.77. The van der Waals surface area contributed by atoms with Gasteiger partial charge in [-0.1, -0.05) is 0 Å². The molecule has 0 radical (unpaired) electrons. The summed E-state index contributed by atoms with van der Waals surface area (Å²) in [5.74, 6) is 0.968. The SMILES string of the molecule is COC(C)(C)C1=NCCN1. The van der Waals surface area contributed by atoms with Crippen LogP contribution in [0.15, 0.2) is 4.99 Å². The molecule has 1 N–H and O–H groups in total. The van der Waals surface area contributed by atoms with E-state index in [-0.39, 0.29) is 5.60 Å². The Labute approximate surface area is 61.5 Å². The van der Waals surface area contributed by atoms with Crippen molar-refractivity contribution in [2.75, 3.05) is 20.2 Å². The largest absolute Gasteiger partial charge is 0.371 e. The lowest BCUT2D eigenvalue weighted by Crippen LogP contribution is -2.41. The Morgan fingerprint density at radius 1 is 1.60 bits per heavy atom. The van der Waals surface area contributed by atoms with Crippen LogP contribution in [0.3, 0.4) is 0 Å². The minimum Gasteiger partial charge on any atom is -0.371 e. The molecule has 3 heteroatoms. The van der Waals surface area contributed by atoms with Crippen molar-refractivity contribution in [2.45, 2.75) is 19.4 Å². The van der Waals surface area contributed by atoms with Gasteiger partial charge in [-0.2, -0.15) is 0 Å². The molecular formula is C7H14N2O. The quantitative estimate of drug-likeness (QED) is 0.606. The second-order valence-corrected chi connectivity index (χ2v) is 2.87. The molecule has 0 atom stereocenters. The average molecular weight is 142 g/mol. The van der Waals surface area contributed by atoms with E-state index in [1.165, 1.54) is 0 Å². The van der Waals surface area contributed by atoms with E-state index < -0.39 is 0 Å². The fourth-order valence-corrected chi connectivity index (χ4v) is 0.898. The molecule has 0 aromatic rings. The van der Waals surface area contributed by atoms with Crippen LogP contribution < -0.4 is 5.32 Å². The van der Waals surface area contributed by atoms with Crippen molar-refractivity contribution in [3.05, 3.63) is 0 Å². The van der Waals surface area contributed by atoms with Gasteiger partial charge in [-0.15, -0.1) is 0 Å². The number of hydrogen-bond acceptors (Lipinski definition) is 3. The summed E-state index contributed by atoms with van der Waals surface area (Å²) in [4.78, 5) is 4.26. The van der Waals surface area contributed by atoms with Crippen LogP contribution in [0.2, 0.25) is 0 Å². The molecule has 0 aromatic heterocycles. The summed E-state index contributed by atoms with van der Waals surface area (Å²) in [6.07, 6.45) is 0. The molecule has 10 heavy (non-hydrogen) atoms. The standard InChI is InChI=1S/C7H14N2O/c1-7(2,10-3)6-8-4-5-9-6/h4-5H2,1-3H3,(H,8,9). The summed E-state index contributed by atoms with van der Waals surface area (Å²) in [5, 5.41) is 3.17. The number of amidine groups is 1. The number of methoxy groups -OCH3 is 1. The molecule has 1 aliphatic heterocycles. The molecule has 0 bridgehead atoms. The van der Waals surface area contributed by atoms with Gasteiger partial charge in [0.25, 0.3) is 0 Å². The fourth-order valence-electron chi connectivity index (χ4n) is 0.898. The van der Waals surface area contributed by atoms with Crippen LogP contribution in [-0.2, 0) is 4.74 Å². The van der Waals surface area contributed by atoms with Gasteiger partial charge in [0.1, 0.15) is 11.4 Å². The van der Waals surface area contributed by atoms with Crippen molar-refractivity contribution in [1.82, 2.24) is 5.32 Å². The van der Waals surface area contributed by atoms with E-state index in [0.717, 1.165) is 18.9 Å². The third-order valence-electron chi connectivity index (χ3n) is 1.75. The van der Waals surface area contributed by atoms with E-state index in [9.17, 15) is 0 Å². The lowest BCUT2D eigenvalue weighted by molar-refractivity contribution is 0.0805. The van der Waals surface area contributed by atoms with E-state index >= 15 is 0 Å². The monoisotopic (exact) mass is 142 g/mol. The molecule has 0 aliphatic carbocycles.